The number of carbonyl (C=O) groups is 1. The summed E-state index contributed by atoms with van der Waals surface area (Å²) in [6, 6.07) is 14.4. The fourth-order valence-corrected chi connectivity index (χ4v) is 3.82. The van der Waals surface area contributed by atoms with Crippen LogP contribution < -0.4 is 10.6 Å². The van der Waals surface area contributed by atoms with Crippen LogP contribution >= 0.6 is 0 Å². The van der Waals surface area contributed by atoms with Gasteiger partial charge in [-0.05, 0) is 56.3 Å². The third kappa shape index (κ3) is 5.43. The second-order valence-electron chi connectivity index (χ2n) is 9.34. The van der Waals surface area contributed by atoms with Gasteiger partial charge in [0.15, 0.2) is 5.82 Å². The van der Waals surface area contributed by atoms with E-state index in [-0.39, 0.29) is 12.1 Å². The summed E-state index contributed by atoms with van der Waals surface area (Å²) in [7, 11) is 0. The Morgan fingerprint density at radius 3 is 2.69 bits per heavy atom. The third-order valence-corrected chi connectivity index (χ3v) is 6.01. The van der Waals surface area contributed by atoms with Crippen molar-refractivity contribution in [2.24, 2.45) is 0 Å². The Balaban J connectivity index is 1.49. The standard InChI is InChI=1S/C27H24FN9O2/c1-27(2,39)24(28)16-32-26(38)20-15-30-22(23-6-5-19-10-17(12-29)13-34-37(19)23)11-21(20)35-18-4-7-25(31-14-18)36-9-3-8-33-36/h3-11,13-15,24,39H,16H2,1-2H3,(H,30,35)(H,32,38)/t24-/m1/s1. The van der Waals surface area contributed by atoms with Gasteiger partial charge >= 0.3 is 0 Å². The van der Waals surface area contributed by atoms with Gasteiger partial charge < -0.3 is 15.7 Å². The van der Waals surface area contributed by atoms with E-state index < -0.39 is 17.7 Å². The summed E-state index contributed by atoms with van der Waals surface area (Å²) >= 11 is 0. The molecule has 0 aliphatic heterocycles. The van der Waals surface area contributed by atoms with Crippen molar-refractivity contribution in [2.75, 3.05) is 11.9 Å². The molecular formula is C27H24FN9O2. The molecule has 0 spiro atoms. The van der Waals surface area contributed by atoms with Gasteiger partial charge in [0.1, 0.15) is 12.2 Å². The van der Waals surface area contributed by atoms with Crippen LogP contribution in [0.1, 0.15) is 29.8 Å². The summed E-state index contributed by atoms with van der Waals surface area (Å²) in [6.07, 6.45) is 6.20. The number of hydrogen-bond acceptors (Lipinski definition) is 8. The van der Waals surface area contributed by atoms with E-state index >= 15 is 0 Å². The lowest BCUT2D eigenvalue weighted by atomic mass is 10.0. The zero-order valence-corrected chi connectivity index (χ0v) is 21.1. The van der Waals surface area contributed by atoms with Crippen molar-refractivity contribution in [1.29, 1.82) is 5.26 Å². The van der Waals surface area contributed by atoms with Crippen molar-refractivity contribution >= 4 is 22.8 Å². The van der Waals surface area contributed by atoms with Gasteiger partial charge in [-0.3, -0.25) is 9.78 Å². The normalized spacial score (nSPS) is 12.2. The Labute approximate surface area is 222 Å². The summed E-state index contributed by atoms with van der Waals surface area (Å²) in [5.41, 5.74) is 1.83. The minimum Gasteiger partial charge on any atom is -0.387 e. The topological polar surface area (TPSA) is 146 Å². The number of pyridine rings is 2. The lowest BCUT2D eigenvalue weighted by molar-refractivity contribution is -0.00177. The number of aliphatic hydroxyl groups is 1. The summed E-state index contributed by atoms with van der Waals surface area (Å²) in [4.78, 5) is 21.9. The highest BCUT2D eigenvalue weighted by atomic mass is 19.1. The van der Waals surface area contributed by atoms with Crippen molar-refractivity contribution < 1.29 is 14.3 Å². The van der Waals surface area contributed by atoms with Crippen molar-refractivity contribution in [3.05, 3.63) is 84.6 Å². The molecule has 39 heavy (non-hydrogen) atoms. The van der Waals surface area contributed by atoms with Gasteiger partial charge in [0.05, 0.1) is 63.9 Å². The molecule has 5 rings (SSSR count). The summed E-state index contributed by atoms with van der Waals surface area (Å²) in [5, 5.41) is 33.3. The third-order valence-electron chi connectivity index (χ3n) is 6.01. The number of rotatable bonds is 8. The molecule has 1 amide bonds. The molecule has 196 valence electrons. The van der Waals surface area contributed by atoms with E-state index in [4.69, 9.17) is 5.26 Å². The Hall–Kier alpha value is -5.15. The predicted molar refractivity (Wildman–Crippen MR) is 141 cm³/mol. The van der Waals surface area contributed by atoms with Crippen LogP contribution in [0.25, 0.3) is 22.7 Å². The average Bonchev–Trinajstić information content (AvgIpc) is 3.61. The van der Waals surface area contributed by atoms with E-state index in [1.807, 2.05) is 12.1 Å². The molecule has 0 saturated heterocycles. The second-order valence-corrected chi connectivity index (χ2v) is 9.34. The molecule has 0 aliphatic carbocycles. The molecule has 0 aromatic carbocycles. The lowest BCUT2D eigenvalue weighted by Gasteiger charge is -2.22. The number of fused-ring (bicyclic) bond motifs is 1. The number of nitrogens with one attached hydrogen (secondary N) is 2. The summed E-state index contributed by atoms with van der Waals surface area (Å²) in [6.45, 7) is 2.29. The molecule has 0 unspecified atom stereocenters. The van der Waals surface area contributed by atoms with E-state index in [0.717, 1.165) is 0 Å². The highest BCUT2D eigenvalue weighted by molar-refractivity contribution is 6.00. The largest absolute Gasteiger partial charge is 0.387 e. The number of nitriles is 1. The van der Waals surface area contributed by atoms with Gasteiger partial charge in [0.25, 0.3) is 5.91 Å². The van der Waals surface area contributed by atoms with Gasteiger partial charge in [-0.2, -0.15) is 15.5 Å². The number of nitrogens with zero attached hydrogens (tertiary/aromatic N) is 7. The summed E-state index contributed by atoms with van der Waals surface area (Å²) < 4.78 is 17.6. The van der Waals surface area contributed by atoms with E-state index in [9.17, 15) is 14.3 Å². The Bertz CT molecular complexity index is 1670. The van der Waals surface area contributed by atoms with E-state index in [0.29, 0.717) is 39.7 Å². The van der Waals surface area contributed by atoms with Crippen LogP contribution in [0.3, 0.4) is 0 Å². The van der Waals surface area contributed by atoms with Gasteiger partial charge in [-0.25, -0.2) is 18.6 Å². The first-order valence-corrected chi connectivity index (χ1v) is 12.0. The van der Waals surface area contributed by atoms with Crippen molar-refractivity contribution in [1.82, 2.24) is 34.7 Å². The number of halogens is 1. The monoisotopic (exact) mass is 525 g/mol. The van der Waals surface area contributed by atoms with Gasteiger partial charge in [0, 0.05) is 18.6 Å². The Morgan fingerprint density at radius 1 is 1.15 bits per heavy atom. The zero-order valence-electron chi connectivity index (χ0n) is 21.1. The van der Waals surface area contributed by atoms with Crippen LogP contribution in [0, 0.1) is 11.3 Å². The maximum atomic E-state index is 14.3. The number of carbonyl (C=O) groups excluding carboxylic acids is 1. The highest BCUT2D eigenvalue weighted by Crippen LogP contribution is 2.28. The molecule has 0 aliphatic rings. The first-order chi connectivity index (χ1) is 18.7. The average molecular weight is 526 g/mol. The first-order valence-electron chi connectivity index (χ1n) is 12.0. The van der Waals surface area contributed by atoms with Crippen LogP contribution in [-0.2, 0) is 0 Å². The van der Waals surface area contributed by atoms with Gasteiger partial charge in [-0.15, -0.1) is 0 Å². The predicted octanol–water partition coefficient (Wildman–Crippen LogP) is 3.43. The molecule has 0 fully saturated rings. The van der Waals surface area contributed by atoms with Crippen molar-refractivity contribution in [2.45, 2.75) is 25.6 Å². The van der Waals surface area contributed by atoms with E-state index in [1.54, 1.807) is 58.1 Å². The molecule has 1 atom stereocenters. The maximum absolute atomic E-state index is 14.3. The molecule has 11 nitrogen and oxygen atoms in total. The van der Waals surface area contributed by atoms with Crippen LogP contribution in [-0.4, -0.2) is 58.7 Å². The minimum absolute atomic E-state index is 0.165. The number of anilines is 2. The molecular weight excluding hydrogens is 501 g/mol. The fraction of sp³-hybridized carbons (Fsp3) is 0.185. The molecule has 0 bridgehead atoms. The summed E-state index contributed by atoms with van der Waals surface area (Å²) in [5.74, 6) is 0.0448. The molecule has 12 heteroatoms. The molecule has 0 saturated carbocycles. The van der Waals surface area contributed by atoms with Crippen LogP contribution in [0.4, 0.5) is 15.8 Å². The first kappa shape index (κ1) is 25.5. The number of hydrogen-bond donors (Lipinski definition) is 3. The lowest BCUT2D eigenvalue weighted by Crippen LogP contribution is -2.42. The molecule has 5 aromatic heterocycles. The Morgan fingerprint density at radius 2 is 2.00 bits per heavy atom. The molecule has 5 aromatic rings. The number of alkyl halides is 1. The van der Waals surface area contributed by atoms with Crippen LogP contribution in [0.5, 0.6) is 0 Å². The van der Waals surface area contributed by atoms with Crippen LogP contribution in [0.2, 0.25) is 0 Å². The van der Waals surface area contributed by atoms with Crippen LogP contribution in [0.15, 0.2) is 73.4 Å². The molecule has 3 N–H and O–H groups in total. The second kappa shape index (κ2) is 10.3. The van der Waals surface area contributed by atoms with Gasteiger partial charge in [-0.1, -0.05) is 0 Å². The van der Waals surface area contributed by atoms with Crippen molar-refractivity contribution in [3.63, 3.8) is 0 Å². The Kier molecular flexibility index (Phi) is 6.74. The smallest absolute Gasteiger partial charge is 0.255 e. The quantitative estimate of drug-likeness (QED) is 0.279. The van der Waals surface area contributed by atoms with E-state index in [2.05, 4.69) is 36.9 Å². The van der Waals surface area contributed by atoms with E-state index in [1.165, 1.54) is 26.2 Å². The SMILES string of the molecule is CC(C)(O)[C@H](F)CNC(=O)c1cnc(-c2ccc3cc(C#N)cnn23)cc1Nc1ccc(-n2cccn2)nc1. The van der Waals surface area contributed by atoms with Crippen molar-refractivity contribution in [3.8, 4) is 23.3 Å². The highest BCUT2D eigenvalue weighted by Gasteiger charge is 2.27. The molecule has 5 heterocycles. The zero-order chi connectivity index (χ0) is 27.6. The minimum atomic E-state index is -1.67. The fourth-order valence-electron chi connectivity index (χ4n) is 3.82. The van der Waals surface area contributed by atoms with Gasteiger partial charge in [0.2, 0.25) is 0 Å². The molecule has 0 radical (unpaired) electrons. The number of amides is 1. The maximum Gasteiger partial charge on any atom is 0.255 e. The number of aromatic nitrogens is 6.